The summed E-state index contributed by atoms with van der Waals surface area (Å²) in [6, 6.07) is 12.0. The van der Waals surface area contributed by atoms with Crippen LogP contribution in [0.4, 0.5) is 5.13 Å². The van der Waals surface area contributed by atoms with Crippen LogP contribution in [0.2, 0.25) is 0 Å². The third-order valence-corrected chi connectivity index (χ3v) is 4.42. The van der Waals surface area contributed by atoms with E-state index in [2.05, 4.69) is 15.5 Å². The second kappa shape index (κ2) is 8.44. The zero-order valence-corrected chi connectivity index (χ0v) is 15.4. The molecule has 0 unspecified atom stereocenters. The largest absolute Gasteiger partial charge is 0.497 e. The van der Waals surface area contributed by atoms with E-state index in [9.17, 15) is 4.79 Å². The monoisotopic (exact) mass is 369 g/mol. The molecule has 1 aromatic heterocycles. The van der Waals surface area contributed by atoms with Gasteiger partial charge >= 0.3 is 5.97 Å². The molecule has 3 rings (SSSR count). The van der Waals surface area contributed by atoms with Gasteiger partial charge in [-0.3, -0.25) is 10.2 Å². The molecule has 1 N–H and O–H groups in total. The number of nitrogens with zero attached hydrogens (tertiary/aromatic N) is 2. The van der Waals surface area contributed by atoms with Crippen molar-refractivity contribution in [3.05, 3.63) is 53.0 Å². The lowest BCUT2D eigenvalue weighted by Gasteiger charge is -2.03. The van der Waals surface area contributed by atoms with Gasteiger partial charge in [-0.2, -0.15) is 5.10 Å². The molecule has 0 amide bonds. The molecule has 0 spiro atoms. The number of carbonyl (C=O) groups excluding carboxylic acids is 1. The van der Waals surface area contributed by atoms with E-state index >= 15 is 0 Å². The molecular weight excluding hydrogens is 350 g/mol. The maximum atomic E-state index is 11.5. The quantitative estimate of drug-likeness (QED) is 0.389. The predicted octanol–water partition coefficient (Wildman–Crippen LogP) is 3.86. The molecular formula is C19H19N3O3S. The van der Waals surface area contributed by atoms with Gasteiger partial charge in [-0.15, -0.1) is 11.3 Å². The maximum absolute atomic E-state index is 11.5. The lowest BCUT2D eigenvalue weighted by Crippen LogP contribution is -2.07. The summed E-state index contributed by atoms with van der Waals surface area (Å²) in [5.41, 5.74) is 4.53. The van der Waals surface area contributed by atoms with E-state index in [-0.39, 0.29) is 12.4 Å². The van der Waals surface area contributed by atoms with Crippen molar-refractivity contribution in [1.82, 2.24) is 4.98 Å². The van der Waals surface area contributed by atoms with Gasteiger partial charge in [-0.25, -0.2) is 4.98 Å². The molecule has 1 heterocycles. The van der Waals surface area contributed by atoms with Crippen molar-refractivity contribution in [1.29, 1.82) is 0 Å². The Bertz CT molecular complexity index is 937. The fraction of sp³-hybridized carbons (Fsp3) is 0.211. The highest BCUT2D eigenvalue weighted by Gasteiger charge is 2.07. The molecule has 3 aromatic rings. The molecule has 0 saturated heterocycles. The number of nitrogens with one attached hydrogen (secondary N) is 1. The van der Waals surface area contributed by atoms with Crippen molar-refractivity contribution >= 4 is 39.4 Å². The van der Waals surface area contributed by atoms with Gasteiger partial charge in [0.15, 0.2) is 0 Å². The number of hydrogen-bond acceptors (Lipinski definition) is 7. The molecule has 26 heavy (non-hydrogen) atoms. The third-order valence-electron chi connectivity index (χ3n) is 3.63. The summed E-state index contributed by atoms with van der Waals surface area (Å²) in [7, 11) is 1.66. The molecule has 2 aromatic carbocycles. The third kappa shape index (κ3) is 4.58. The van der Waals surface area contributed by atoms with Crippen molar-refractivity contribution in [3.8, 4) is 5.75 Å². The van der Waals surface area contributed by atoms with Crippen LogP contribution in [-0.2, 0) is 16.0 Å². The smallest absolute Gasteiger partial charge is 0.311 e. The summed E-state index contributed by atoms with van der Waals surface area (Å²) >= 11 is 1.39. The van der Waals surface area contributed by atoms with E-state index in [1.54, 1.807) is 20.2 Å². The van der Waals surface area contributed by atoms with Crippen molar-refractivity contribution < 1.29 is 14.3 Å². The molecule has 7 heteroatoms. The van der Waals surface area contributed by atoms with E-state index in [1.165, 1.54) is 11.3 Å². The van der Waals surface area contributed by atoms with Crippen molar-refractivity contribution in [3.63, 3.8) is 0 Å². The van der Waals surface area contributed by atoms with Crippen LogP contribution in [0.15, 0.2) is 46.9 Å². The molecule has 134 valence electrons. The summed E-state index contributed by atoms with van der Waals surface area (Å²) < 4.78 is 10.1. The van der Waals surface area contributed by atoms with Crippen molar-refractivity contribution in [2.45, 2.75) is 13.3 Å². The Hall–Kier alpha value is -2.93. The number of esters is 1. The minimum absolute atomic E-state index is 0.171. The van der Waals surface area contributed by atoms with E-state index < -0.39 is 0 Å². The number of rotatable bonds is 7. The molecule has 0 bridgehead atoms. The fourth-order valence-electron chi connectivity index (χ4n) is 2.41. The first-order valence-corrected chi connectivity index (χ1v) is 9.03. The minimum atomic E-state index is -0.277. The number of anilines is 1. The zero-order valence-electron chi connectivity index (χ0n) is 14.6. The number of ether oxygens (including phenoxy) is 2. The van der Waals surface area contributed by atoms with E-state index in [4.69, 9.17) is 9.47 Å². The molecule has 0 aliphatic carbocycles. The number of thiazole rings is 1. The van der Waals surface area contributed by atoms with Crippen LogP contribution in [-0.4, -0.2) is 30.9 Å². The second-order valence-electron chi connectivity index (χ2n) is 5.47. The maximum Gasteiger partial charge on any atom is 0.311 e. The first kappa shape index (κ1) is 17.9. The summed E-state index contributed by atoms with van der Waals surface area (Å²) in [5.74, 6) is 0.559. The Morgan fingerprint density at radius 1 is 1.27 bits per heavy atom. The van der Waals surface area contributed by atoms with Gasteiger partial charge in [0.2, 0.25) is 5.13 Å². The second-order valence-corrected chi connectivity index (χ2v) is 6.33. The number of hydrogen-bond donors (Lipinski definition) is 1. The highest BCUT2D eigenvalue weighted by molar-refractivity contribution is 7.13. The minimum Gasteiger partial charge on any atom is -0.497 e. The van der Waals surface area contributed by atoms with Crippen LogP contribution >= 0.6 is 11.3 Å². The summed E-state index contributed by atoms with van der Waals surface area (Å²) in [5, 5.41) is 8.88. The Morgan fingerprint density at radius 3 is 2.88 bits per heavy atom. The Balaban J connectivity index is 1.62. The lowest BCUT2D eigenvalue weighted by atomic mass is 10.1. The van der Waals surface area contributed by atoms with Gasteiger partial charge < -0.3 is 9.47 Å². The van der Waals surface area contributed by atoms with Gasteiger partial charge in [0.25, 0.3) is 0 Å². The topological polar surface area (TPSA) is 72.8 Å². The Morgan fingerprint density at radius 2 is 2.08 bits per heavy atom. The number of carbonyl (C=O) groups is 1. The molecule has 0 saturated carbocycles. The average molecular weight is 369 g/mol. The van der Waals surface area contributed by atoms with Crippen LogP contribution < -0.4 is 10.2 Å². The number of methoxy groups -OCH3 is 1. The number of fused-ring (bicyclic) bond motifs is 1. The lowest BCUT2D eigenvalue weighted by molar-refractivity contribution is -0.142. The highest BCUT2D eigenvalue weighted by Crippen LogP contribution is 2.21. The first-order chi connectivity index (χ1) is 12.7. The molecule has 0 aliphatic rings. The SMILES string of the molecule is CCOC(=O)Cc1csc(N/N=C/c2ccc3cc(OC)ccc3c2)n1. The number of benzene rings is 2. The number of hydrazone groups is 1. The zero-order chi connectivity index (χ0) is 18.4. The number of aromatic nitrogens is 1. The Kier molecular flexibility index (Phi) is 5.80. The van der Waals surface area contributed by atoms with Crippen molar-refractivity contribution in [2.24, 2.45) is 5.10 Å². The Labute approximate surface area is 155 Å². The molecule has 0 radical (unpaired) electrons. The summed E-state index contributed by atoms with van der Waals surface area (Å²) in [6.45, 7) is 2.15. The van der Waals surface area contributed by atoms with Gasteiger partial charge in [-0.1, -0.05) is 18.2 Å². The van der Waals surface area contributed by atoms with Gasteiger partial charge in [-0.05, 0) is 41.5 Å². The average Bonchev–Trinajstić information content (AvgIpc) is 3.08. The van der Waals surface area contributed by atoms with E-state index in [0.29, 0.717) is 17.4 Å². The van der Waals surface area contributed by atoms with Crippen LogP contribution in [0.25, 0.3) is 10.8 Å². The van der Waals surface area contributed by atoms with Crippen LogP contribution in [0, 0.1) is 0 Å². The van der Waals surface area contributed by atoms with Crippen molar-refractivity contribution in [2.75, 3.05) is 19.1 Å². The van der Waals surface area contributed by atoms with E-state index in [0.717, 1.165) is 22.1 Å². The fourth-order valence-corrected chi connectivity index (χ4v) is 3.07. The van der Waals surface area contributed by atoms with Crippen LogP contribution in [0.5, 0.6) is 5.75 Å². The summed E-state index contributed by atoms with van der Waals surface area (Å²) in [4.78, 5) is 15.8. The first-order valence-electron chi connectivity index (χ1n) is 8.15. The summed E-state index contributed by atoms with van der Waals surface area (Å²) in [6.07, 6.45) is 1.90. The van der Waals surface area contributed by atoms with Crippen LogP contribution in [0.1, 0.15) is 18.2 Å². The molecule has 0 fully saturated rings. The van der Waals surface area contributed by atoms with Crippen LogP contribution in [0.3, 0.4) is 0 Å². The molecule has 0 aliphatic heterocycles. The predicted molar refractivity (Wildman–Crippen MR) is 104 cm³/mol. The highest BCUT2D eigenvalue weighted by atomic mass is 32.1. The van der Waals surface area contributed by atoms with Gasteiger partial charge in [0.05, 0.1) is 32.0 Å². The standard InChI is InChI=1S/C19H19N3O3S/c1-3-25-18(23)10-16-12-26-19(21-16)22-20-11-13-4-5-15-9-17(24-2)7-6-14(15)8-13/h4-9,11-12H,3,10H2,1-2H3,(H,21,22)/b20-11+. The normalized spacial score (nSPS) is 11.0. The van der Waals surface area contributed by atoms with E-state index in [1.807, 2.05) is 41.8 Å². The molecule has 6 nitrogen and oxygen atoms in total. The van der Waals surface area contributed by atoms with Gasteiger partial charge in [0, 0.05) is 5.38 Å². The molecule has 0 atom stereocenters. The van der Waals surface area contributed by atoms with Gasteiger partial charge in [0.1, 0.15) is 5.75 Å².